The molecule has 0 heterocycles. The maximum absolute atomic E-state index is 11.9. The highest BCUT2D eigenvalue weighted by Crippen LogP contribution is 2.20. The third kappa shape index (κ3) is 6.12. The second-order valence-electron chi connectivity index (χ2n) is 5.88. The number of nitrogens with one attached hydrogen (secondary N) is 2. The summed E-state index contributed by atoms with van der Waals surface area (Å²) in [4.78, 5) is 11.9. The van der Waals surface area contributed by atoms with Crippen LogP contribution in [0.4, 0.5) is 4.79 Å². The van der Waals surface area contributed by atoms with Gasteiger partial charge in [0.1, 0.15) is 5.75 Å². The van der Waals surface area contributed by atoms with Crippen molar-refractivity contribution in [2.24, 2.45) is 0 Å². The average molecular weight is 342 g/mol. The number of hydrogen-bond donors (Lipinski definition) is 3. The van der Waals surface area contributed by atoms with Gasteiger partial charge in [-0.3, -0.25) is 0 Å². The number of hydrogen-bond acceptors (Lipinski definition) is 3. The highest BCUT2D eigenvalue weighted by Gasteiger charge is 2.06. The van der Waals surface area contributed by atoms with Gasteiger partial charge in [-0.1, -0.05) is 36.4 Å². The monoisotopic (exact) mass is 342 g/mol. The van der Waals surface area contributed by atoms with Crippen LogP contribution in [0.2, 0.25) is 0 Å². The predicted octanol–water partition coefficient (Wildman–Crippen LogP) is 2.93. The zero-order chi connectivity index (χ0) is 18.1. The van der Waals surface area contributed by atoms with Crippen LogP contribution in [0.15, 0.2) is 42.5 Å². The Morgan fingerprint density at radius 2 is 1.80 bits per heavy atom. The normalized spacial score (nSPS) is 10.4. The minimum atomic E-state index is -0.199. The number of aliphatic hydroxyl groups is 1. The third-order valence-electron chi connectivity index (χ3n) is 3.87. The lowest BCUT2D eigenvalue weighted by atomic mass is 10.1. The highest BCUT2D eigenvalue weighted by molar-refractivity contribution is 5.73. The number of benzene rings is 2. The summed E-state index contributed by atoms with van der Waals surface area (Å²) >= 11 is 0. The first-order valence-corrected chi connectivity index (χ1v) is 8.55. The first kappa shape index (κ1) is 18.8. The zero-order valence-electron chi connectivity index (χ0n) is 14.8. The molecular formula is C20H26N2O3. The molecule has 2 aromatic rings. The molecule has 134 valence electrons. The van der Waals surface area contributed by atoms with Crippen molar-refractivity contribution < 1.29 is 14.6 Å². The lowest BCUT2D eigenvalue weighted by Crippen LogP contribution is -2.36. The van der Waals surface area contributed by atoms with Crippen LogP contribution < -0.4 is 15.4 Å². The molecule has 0 spiro atoms. The average Bonchev–Trinajstić information content (AvgIpc) is 2.62. The Labute approximate surface area is 149 Å². The van der Waals surface area contributed by atoms with Crippen molar-refractivity contribution in [3.8, 4) is 5.75 Å². The summed E-state index contributed by atoms with van der Waals surface area (Å²) in [5, 5.41) is 14.7. The largest absolute Gasteiger partial charge is 0.494 e. The van der Waals surface area contributed by atoms with Gasteiger partial charge in [0.15, 0.2) is 0 Å². The van der Waals surface area contributed by atoms with Crippen LogP contribution in [-0.2, 0) is 19.6 Å². The summed E-state index contributed by atoms with van der Waals surface area (Å²) in [5.74, 6) is 0.812. The fourth-order valence-corrected chi connectivity index (χ4v) is 2.47. The van der Waals surface area contributed by atoms with E-state index in [9.17, 15) is 4.79 Å². The molecule has 2 amide bonds. The molecule has 5 heteroatoms. The van der Waals surface area contributed by atoms with Crippen LogP contribution in [0, 0.1) is 6.92 Å². The summed E-state index contributed by atoms with van der Waals surface area (Å²) in [6.07, 6.45) is 0.744. The Balaban J connectivity index is 1.77. The molecule has 0 aromatic heterocycles. The lowest BCUT2D eigenvalue weighted by molar-refractivity contribution is 0.240. The molecule has 0 radical (unpaired) electrons. The van der Waals surface area contributed by atoms with Gasteiger partial charge in [-0.05, 0) is 43.0 Å². The van der Waals surface area contributed by atoms with Gasteiger partial charge in [0, 0.05) is 18.7 Å². The topological polar surface area (TPSA) is 70.6 Å². The Bertz CT molecular complexity index is 684. The molecule has 2 aromatic carbocycles. The molecule has 3 N–H and O–H groups in total. The molecule has 0 bridgehead atoms. The maximum Gasteiger partial charge on any atom is 0.315 e. The Kier molecular flexibility index (Phi) is 7.29. The summed E-state index contributed by atoms with van der Waals surface area (Å²) in [6, 6.07) is 13.5. The first-order chi connectivity index (χ1) is 12.1. The SMILES string of the molecule is CCOc1cc(C)ccc1CNC(=O)NCCc1ccc(CO)cc1. The minimum Gasteiger partial charge on any atom is -0.494 e. The Morgan fingerprint density at radius 1 is 1.08 bits per heavy atom. The lowest BCUT2D eigenvalue weighted by Gasteiger charge is -2.12. The van der Waals surface area contributed by atoms with Gasteiger partial charge in [0.2, 0.25) is 0 Å². The van der Waals surface area contributed by atoms with Gasteiger partial charge in [-0.15, -0.1) is 0 Å². The van der Waals surface area contributed by atoms with Crippen molar-refractivity contribution in [3.63, 3.8) is 0 Å². The van der Waals surface area contributed by atoms with Gasteiger partial charge >= 0.3 is 6.03 Å². The number of carbonyl (C=O) groups is 1. The van der Waals surface area contributed by atoms with Crippen molar-refractivity contribution in [1.29, 1.82) is 0 Å². The van der Waals surface area contributed by atoms with E-state index in [1.54, 1.807) is 0 Å². The van der Waals surface area contributed by atoms with Crippen LogP contribution in [0.5, 0.6) is 5.75 Å². The minimum absolute atomic E-state index is 0.0453. The maximum atomic E-state index is 11.9. The third-order valence-corrected chi connectivity index (χ3v) is 3.87. The van der Waals surface area contributed by atoms with Gasteiger partial charge in [0.05, 0.1) is 13.2 Å². The smallest absolute Gasteiger partial charge is 0.315 e. The number of aliphatic hydroxyl groups excluding tert-OH is 1. The summed E-state index contributed by atoms with van der Waals surface area (Å²) in [6.45, 7) is 5.57. The number of amides is 2. The van der Waals surface area contributed by atoms with E-state index >= 15 is 0 Å². The van der Waals surface area contributed by atoms with E-state index in [0.29, 0.717) is 19.7 Å². The van der Waals surface area contributed by atoms with Gasteiger partial charge < -0.3 is 20.5 Å². The molecular weight excluding hydrogens is 316 g/mol. The van der Waals surface area contributed by atoms with E-state index in [1.807, 2.05) is 56.3 Å². The van der Waals surface area contributed by atoms with Crippen LogP contribution in [-0.4, -0.2) is 24.3 Å². The predicted molar refractivity (Wildman–Crippen MR) is 98.7 cm³/mol. The number of rotatable bonds is 8. The van der Waals surface area contributed by atoms with Crippen molar-refractivity contribution in [1.82, 2.24) is 10.6 Å². The summed E-state index contributed by atoms with van der Waals surface area (Å²) in [5.41, 5.74) is 4.10. The van der Waals surface area contributed by atoms with Gasteiger partial charge in [-0.25, -0.2) is 4.79 Å². The molecule has 0 saturated heterocycles. The molecule has 5 nitrogen and oxygen atoms in total. The Morgan fingerprint density at radius 3 is 2.48 bits per heavy atom. The summed E-state index contributed by atoms with van der Waals surface area (Å²) in [7, 11) is 0. The van der Waals surface area contributed by atoms with Crippen LogP contribution >= 0.6 is 0 Å². The fraction of sp³-hybridized carbons (Fsp3) is 0.350. The van der Waals surface area contributed by atoms with Crippen LogP contribution in [0.25, 0.3) is 0 Å². The molecule has 0 saturated carbocycles. The second kappa shape index (κ2) is 9.69. The second-order valence-corrected chi connectivity index (χ2v) is 5.88. The van der Waals surface area contributed by atoms with Crippen molar-refractivity contribution in [2.45, 2.75) is 33.4 Å². The molecule has 0 unspecified atom stereocenters. The quantitative estimate of drug-likeness (QED) is 0.691. The number of carbonyl (C=O) groups excluding carboxylic acids is 1. The van der Waals surface area contributed by atoms with Crippen LogP contribution in [0.1, 0.15) is 29.2 Å². The van der Waals surface area contributed by atoms with Crippen molar-refractivity contribution >= 4 is 6.03 Å². The van der Waals surface area contributed by atoms with E-state index in [2.05, 4.69) is 10.6 Å². The molecule has 0 fully saturated rings. The zero-order valence-corrected chi connectivity index (χ0v) is 14.8. The van der Waals surface area contributed by atoms with E-state index in [1.165, 1.54) is 0 Å². The molecule has 0 aliphatic rings. The van der Waals surface area contributed by atoms with E-state index in [4.69, 9.17) is 9.84 Å². The fourth-order valence-electron chi connectivity index (χ4n) is 2.47. The number of urea groups is 1. The highest BCUT2D eigenvalue weighted by atomic mass is 16.5. The summed E-state index contributed by atoms with van der Waals surface area (Å²) < 4.78 is 5.62. The molecule has 0 aliphatic carbocycles. The van der Waals surface area contributed by atoms with Gasteiger partial charge in [-0.2, -0.15) is 0 Å². The van der Waals surface area contributed by atoms with E-state index in [-0.39, 0.29) is 12.6 Å². The number of aryl methyl sites for hydroxylation is 1. The van der Waals surface area contributed by atoms with Crippen molar-refractivity contribution in [3.05, 3.63) is 64.7 Å². The molecule has 0 aliphatic heterocycles. The first-order valence-electron chi connectivity index (χ1n) is 8.55. The van der Waals surface area contributed by atoms with Gasteiger partial charge in [0.25, 0.3) is 0 Å². The molecule has 25 heavy (non-hydrogen) atoms. The Hall–Kier alpha value is -2.53. The van der Waals surface area contributed by atoms with Crippen molar-refractivity contribution in [2.75, 3.05) is 13.2 Å². The van der Waals surface area contributed by atoms with Crippen LogP contribution in [0.3, 0.4) is 0 Å². The van der Waals surface area contributed by atoms with E-state index < -0.39 is 0 Å². The standard InChI is InChI=1S/C20H26N2O3/c1-3-25-19-12-15(2)4-9-18(19)13-22-20(24)21-11-10-16-5-7-17(14-23)8-6-16/h4-9,12,23H,3,10-11,13-14H2,1-2H3,(H2,21,22,24). The number of ether oxygens (including phenoxy) is 1. The molecule has 2 rings (SSSR count). The molecule has 0 atom stereocenters. The van der Waals surface area contributed by atoms with E-state index in [0.717, 1.165) is 34.4 Å².